The quantitative estimate of drug-likeness (QED) is 0.331. The van der Waals surface area contributed by atoms with Gasteiger partial charge in [-0.15, -0.1) is 0 Å². The summed E-state index contributed by atoms with van der Waals surface area (Å²) >= 11 is 3.28. The SMILES string of the molecule is Cc1cc(C(=O)O[C@@H](C)C(=O)c2ccc(Br)cc2)ccc1[N+](=O)[O-]. The van der Waals surface area contributed by atoms with Crippen LogP contribution in [-0.2, 0) is 4.74 Å². The molecule has 2 aromatic rings. The molecule has 0 N–H and O–H groups in total. The van der Waals surface area contributed by atoms with Crippen molar-refractivity contribution in [2.45, 2.75) is 20.0 Å². The highest BCUT2D eigenvalue weighted by Crippen LogP contribution is 2.20. The molecule has 0 amide bonds. The fourth-order valence-electron chi connectivity index (χ4n) is 2.12. The zero-order chi connectivity index (χ0) is 17.9. The van der Waals surface area contributed by atoms with E-state index >= 15 is 0 Å². The molecule has 0 heterocycles. The van der Waals surface area contributed by atoms with E-state index in [1.165, 1.54) is 32.0 Å². The minimum atomic E-state index is -0.964. The molecule has 0 fully saturated rings. The summed E-state index contributed by atoms with van der Waals surface area (Å²) in [6.07, 6.45) is -0.964. The van der Waals surface area contributed by atoms with Crippen molar-refractivity contribution in [2.75, 3.05) is 0 Å². The molecule has 24 heavy (non-hydrogen) atoms. The Morgan fingerprint density at radius 3 is 2.25 bits per heavy atom. The Kier molecular flexibility index (Phi) is 5.46. The monoisotopic (exact) mass is 391 g/mol. The van der Waals surface area contributed by atoms with Crippen molar-refractivity contribution in [2.24, 2.45) is 0 Å². The van der Waals surface area contributed by atoms with Crippen molar-refractivity contribution in [3.63, 3.8) is 0 Å². The fourth-order valence-corrected chi connectivity index (χ4v) is 2.38. The van der Waals surface area contributed by atoms with E-state index in [1.807, 2.05) is 0 Å². The number of ether oxygens (including phenoxy) is 1. The average Bonchev–Trinajstić information content (AvgIpc) is 2.54. The summed E-state index contributed by atoms with van der Waals surface area (Å²) in [5.41, 5.74) is 0.860. The number of carbonyl (C=O) groups excluding carboxylic acids is 2. The van der Waals surface area contributed by atoms with Crippen LogP contribution in [0.2, 0.25) is 0 Å². The number of rotatable bonds is 5. The molecule has 0 aliphatic rings. The third kappa shape index (κ3) is 4.05. The van der Waals surface area contributed by atoms with Crippen molar-refractivity contribution >= 4 is 33.4 Å². The molecule has 0 bridgehead atoms. The molecule has 0 aliphatic heterocycles. The summed E-state index contributed by atoms with van der Waals surface area (Å²) in [6.45, 7) is 3.02. The van der Waals surface area contributed by atoms with Crippen LogP contribution in [0, 0.1) is 17.0 Å². The lowest BCUT2D eigenvalue weighted by molar-refractivity contribution is -0.385. The standard InChI is InChI=1S/C17H14BrNO5/c1-10-9-13(5-8-15(10)19(22)23)17(21)24-11(2)16(20)12-3-6-14(18)7-4-12/h3-9,11H,1-2H3/t11-/m0/s1. The molecular formula is C17H14BrNO5. The first-order valence-electron chi connectivity index (χ1n) is 7.05. The number of benzene rings is 2. The topological polar surface area (TPSA) is 86.5 Å². The number of nitro benzene ring substituents is 1. The second kappa shape index (κ2) is 7.35. The number of nitro groups is 1. The molecule has 0 unspecified atom stereocenters. The predicted octanol–water partition coefficient (Wildman–Crippen LogP) is 4.09. The van der Waals surface area contributed by atoms with Crippen molar-refractivity contribution in [1.82, 2.24) is 0 Å². The highest BCUT2D eigenvalue weighted by atomic mass is 79.9. The van der Waals surface area contributed by atoms with Gasteiger partial charge in [0.15, 0.2) is 6.10 Å². The smallest absolute Gasteiger partial charge is 0.338 e. The van der Waals surface area contributed by atoms with Crippen LogP contribution >= 0.6 is 15.9 Å². The third-order valence-corrected chi connectivity index (χ3v) is 3.94. The lowest BCUT2D eigenvalue weighted by Crippen LogP contribution is -2.24. The summed E-state index contributed by atoms with van der Waals surface area (Å²) in [6, 6.07) is 10.6. The zero-order valence-electron chi connectivity index (χ0n) is 13.0. The van der Waals surface area contributed by atoms with Gasteiger partial charge in [-0.25, -0.2) is 4.79 Å². The number of esters is 1. The van der Waals surface area contributed by atoms with Crippen LogP contribution in [0.4, 0.5) is 5.69 Å². The minimum Gasteiger partial charge on any atom is -0.451 e. The number of aryl methyl sites for hydroxylation is 1. The van der Waals surface area contributed by atoms with Gasteiger partial charge >= 0.3 is 5.97 Å². The van der Waals surface area contributed by atoms with E-state index in [0.29, 0.717) is 11.1 Å². The van der Waals surface area contributed by atoms with Gasteiger partial charge in [0.1, 0.15) is 0 Å². The maximum Gasteiger partial charge on any atom is 0.338 e. The van der Waals surface area contributed by atoms with E-state index in [0.717, 1.165) is 4.47 Å². The van der Waals surface area contributed by atoms with E-state index in [4.69, 9.17) is 4.74 Å². The lowest BCUT2D eigenvalue weighted by atomic mass is 10.1. The molecule has 124 valence electrons. The van der Waals surface area contributed by atoms with Gasteiger partial charge in [0.2, 0.25) is 5.78 Å². The highest BCUT2D eigenvalue weighted by Gasteiger charge is 2.21. The minimum absolute atomic E-state index is 0.0782. The number of hydrogen-bond donors (Lipinski definition) is 0. The Morgan fingerprint density at radius 1 is 1.12 bits per heavy atom. The summed E-state index contributed by atoms with van der Waals surface area (Å²) in [7, 11) is 0. The molecule has 0 saturated heterocycles. The van der Waals surface area contributed by atoms with Crippen molar-refractivity contribution in [3.8, 4) is 0 Å². The van der Waals surface area contributed by atoms with E-state index in [9.17, 15) is 19.7 Å². The van der Waals surface area contributed by atoms with E-state index in [-0.39, 0.29) is 17.0 Å². The van der Waals surface area contributed by atoms with Gasteiger partial charge in [-0.1, -0.05) is 28.1 Å². The molecular weight excluding hydrogens is 378 g/mol. The van der Waals surface area contributed by atoms with E-state index < -0.39 is 17.0 Å². The largest absolute Gasteiger partial charge is 0.451 e. The van der Waals surface area contributed by atoms with Crippen LogP contribution in [0.15, 0.2) is 46.9 Å². The molecule has 7 heteroatoms. The Bertz CT molecular complexity index is 801. The van der Waals surface area contributed by atoms with Gasteiger partial charge in [-0.3, -0.25) is 14.9 Å². The normalized spacial score (nSPS) is 11.6. The molecule has 6 nitrogen and oxygen atoms in total. The van der Waals surface area contributed by atoms with Gasteiger partial charge in [-0.2, -0.15) is 0 Å². The number of hydrogen-bond acceptors (Lipinski definition) is 5. The van der Waals surface area contributed by atoms with Gasteiger partial charge < -0.3 is 4.74 Å². The van der Waals surface area contributed by atoms with Gasteiger partial charge in [0.05, 0.1) is 10.5 Å². The summed E-state index contributed by atoms with van der Waals surface area (Å²) in [5, 5.41) is 10.8. The molecule has 0 radical (unpaired) electrons. The van der Waals surface area contributed by atoms with Crippen LogP contribution in [0.3, 0.4) is 0 Å². The summed E-state index contributed by atoms with van der Waals surface area (Å²) in [5.74, 6) is -1.03. The Hall–Kier alpha value is -2.54. The van der Waals surface area contributed by atoms with Crippen molar-refractivity contribution in [3.05, 3.63) is 73.7 Å². The number of halogens is 1. The van der Waals surface area contributed by atoms with Gasteiger partial charge in [0.25, 0.3) is 5.69 Å². The second-order valence-corrected chi connectivity index (χ2v) is 6.09. The summed E-state index contributed by atoms with van der Waals surface area (Å²) < 4.78 is 6.01. The van der Waals surface area contributed by atoms with Gasteiger partial charge in [-0.05, 0) is 38.1 Å². The Labute approximate surface area is 146 Å². The maximum absolute atomic E-state index is 12.3. The van der Waals surface area contributed by atoms with Crippen molar-refractivity contribution in [1.29, 1.82) is 0 Å². The second-order valence-electron chi connectivity index (χ2n) is 5.18. The fraction of sp³-hybridized carbons (Fsp3) is 0.176. The zero-order valence-corrected chi connectivity index (χ0v) is 14.6. The number of ketones is 1. The third-order valence-electron chi connectivity index (χ3n) is 3.41. The molecule has 2 aromatic carbocycles. The number of nitrogens with zero attached hydrogens (tertiary/aromatic N) is 1. The van der Waals surface area contributed by atoms with Crippen LogP contribution < -0.4 is 0 Å². The molecule has 0 aromatic heterocycles. The van der Waals surface area contributed by atoms with Gasteiger partial charge in [0, 0.05) is 21.7 Å². The van der Waals surface area contributed by atoms with Crippen LogP contribution in [-0.4, -0.2) is 22.8 Å². The summed E-state index contributed by atoms with van der Waals surface area (Å²) in [4.78, 5) is 34.6. The first-order chi connectivity index (χ1) is 11.3. The Morgan fingerprint density at radius 2 is 1.71 bits per heavy atom. The van der Waals surface area contributed by atoms with Crippen LogP contribution in [0.5, 0.6) is 0 Å². The maximum atomic E-state index is 12.3. The number of carbonyl (C=O) groups is 2. The number of Topliss-reactive ketones (excluding diaryl/α,β-unsaturated/α-hetero) is 1. The van der Waals surface area contributed by atoms with Crippen molar-refractivity contribution < 1.29 is 19.2 Å². The average molecular weight is 392 g/mol. The molecule has 1 atom stereocenters. The predicted molar refractivity (Wildman–Crippen MR) is 91.2 cm³/mol. The first kappa shape index (κ1) is 17.8. The molecule has 2 rings (SSSR count). The van der Waals surface area contributed by atoms with Crippen LogP contribution in [0.25, 0.3) is 0 Å². The molecule has 0 saturated carbocycles. The van der Waals surface area contributed by atoms with Crippen LogP contribution in [0.1, 0.15) is 33.2 Å². The highest BCUT2D eigenvalue weighted by molar-refractivity contribution is 9.10. The molecule has 0 spiro atoms. The van der Waals surface area contributed by atoms with E-state index in [1.54, 1.807) is 24.3 Å². The lowest BCUT2D eigenvalue weighted by Gasteiger charge is -2.12. The first-order valence-corrected chi connectivity index (χ1v) is 7.84. The Balaban J connectivity index is 2.11. The molecule has 0 aliphatic carbocycles. The van der Waals surface area contributed by atoms with E-state index in [2.05, 4.69) is 15.9 Å².